The van der Waals surface area contributed by atoms with Crippen molar-refractivity contribution in [2.45, 2.75) is 44.6 Å². The van der Waals surface area contributed by atoms with Crippen molar-refractivity contribution >= 4 is 28.9 Å². The molecule has 1 aliphatic heterocycles. The van der Waals surface area contributed by atoms with E-state index < -0.39 is 11.4 Å². The number of nitrogens with zero attached hydrogens (tertiary/aromatic N) is 3. The van der Waals surface area contributed by atoms with E-state index in [-0.39, 0.29) is 28.9 Å². The molecule has 2 aliphatic rings. The predicted octanol–water partition coefficient (Wildman–Crippen LogP) is 6.30. The van der Waals surface area contributed by atoms with E-state index in [0.717, 1.165) is 36.9 Å². The van der Waals surface area contributed by atoms with Gasteiger partial charge in [0.05, 0.1) is 16.4 Å². The van der Waals surface area contributed by atoms with Crippen LogP contribution < -0.4 is 4.74 Å². The van der Waals surface area contributed by atoms with Gasteiger partial charge in [-0.25, -0.2) is 13.5 Å². The first-order chi connectivity index (χ1) is 15.8. The molecule has 172 valence electrons. The molecule has 1 aliphatic carbocycles. The van der Waals surface area contributed by atoms with Crippen molar-refractivity contribution in [3.8, 4) is 11.4 Å². The van der Waals surface area contributed by atoms with Gasteiger partial charge in [0.15, 0.2) is 11.4 Å². The molecule has 3 aromatic rings. The van der Waals surface area contributed by atoms with E-state index in [1.165, 1.54) is 22.9 Å². The second-order valence-electron chi connectivity index (χ2n) is 8.59. The summed E-state index contributed by atoms with van der Waals surface area (Å²) in [6.45, 7) is 1.88. The van der Waals surface area contributed by atoms with Crippen LogP contribution in [0.15, 0.2) is 41.6 Å². The molecule has 0 N–H and O–H groups in total. The van der Waals surface area contributed by atoms with Gasteiger partial charge in [0.2, 0.25) is 0 Å². The summed E-state index contributed by atoms with van der Waals surface area (Å²) in [7, 11) is 0. The van der Waals surface area contributed by atoms with Gasteiger partial charge in [-0.3, -0.25) is 0 Å². The molecule has 1 aromatic heterocycles. The highest BCUT2D eigenvalue weighted by atomic mass is 35.5. The van der Waals surface area contributed by atoms with Crippen molar-refractivity contribution in [2.24, 2.45) is 5.16 Å². The summed E-state index contributed by atoms with van der Waals surface area (Å²) < 4.78 is 36.3. The fraction of sp³-hybridized carbons (Fsp3) is 0.333. The molecule has 0 fully saturated rings. The van der Waals surface area contributed by atoms with Gasteiger partial charge >= 0.3 is 0 Å². The number of benzene rings is 2. The maximum Gasteiger partial charge on any atom is 0.174 e. The Morgan fingerprint density at radius 1 is 1.12 bits per heavy atom. The van der Waals surface area contributed by atoms with Crippen LogP contribution in [0.3, 0.4) is 0 Å². The Morgan fingerprint density at radius 2 is 1.91 bits per heavy atom. The fourth-order valence-corrected chi connectivity index (χ4v) is 4.73. The number of hydrogen-bond acceptors (Lipinski definition) is 4. The first kappa shape index (κ1) is 22.2. The lowest BCUT2D eigenvalue weighted by Crippen LogP contribution is -2.33. The summed E-state index contributed by atoms with van der Waals surface area (Å²) in [5, 5.41) is 9.10. The number of ether oxygens (including phenoxy) is 1. The van der Waals surface area contributed by atoms with Gasteiger partial charge in [-0.15, -0.1) is 0 Å². The molecule has 33 heavy (non-hydrogen) atoms. The first-order valence-corrected chi connectivity index (χ1v) is 11.5. The summed E-state index contributed by atoms with van der Waals surface area (Å²) in [6.07, 6.45) is 4.06. The van der Waals surface area contributed by atoms with Crippen LogP contribution in [-0.4, -0.2) is 27.7 Å². The van der Waals surface area contributed by atoms with Gasteiger partial charge in [0.25, 0.3) is 0 Å². The molecule has 5 nitrogen and oxygen atoms in total. The standard InChI is InChI=1S/C24H21Cl2F2N3O2/c1-24(12-20(30-33-24)14-6-2-4-8-17(14)27)13-32-22-11-21(18(28)10-16(22)25)31-23(26)15-7-3-5-9-19(15)29-31/h2,4,6,8,10-11H,3,5,7,9,12-13H2,1H3. The Kier molecular flexibility index (Phi) is 5.79. The van der Waals surface area contributed by atoms with Gasteiger partial charge in [-0.05, 0) is 44.7 Å². The monoisotopic (exact) mass is 491 g/mol. The van der Waals surface area contributed by atoms with Crippen molar-refractivity contribution in [3.05, 3.63) is 75.0 Å². The minimum Gasteiger partial charge on any atom is -0.488 e. The topological polar surface area (TPSA) is 48.6 Å². The van der Waals surface area contributed by atoms with Crippen LogP contribution in [0.4, 0.5) is 8.78 Å². The molecule has 9 heteroatoms. The molecule has 0 saturated carbocycles. The molecule has 0 bridgehead atoms. The number of aromatic nitrogens is 2. The van der Waals surface area contributed by atoms with E-state index in [2.05, 4.69) is 10.3 Å². The Hall–Kier alpha value is -2.64. The van der Waals surface area contributed by atoms with Crippen molar-refractivity contribution in [1.29, 1.82) is 0 Å². The van der Waals surface area contributed by atoms with Crippen molar-refractivity contribution in [3.63, 3.8) is 0 Å². The largest absolute Gasteiger partial charge is 0.488 e. The Balaban J connectivity index is 1.36. The van der Waals surface area contributed by atoms with Crippen LogP contribution in [0.1, 0.15) is 43.0 Å². The number of rotatable bonds is 5. The van der Waals surface area contributed by atoms with Crippen LogP contribution in [0.25, 0.3) is 5.69 Å². The van der Waals surface area contributed by atoms with E-state index in [0.29, 0.717) is 22.8 Å². The third-order valence-electron chi connectivity index (χ3n) is 5.96. The molecule has 0 saturated heterocycles. The zero-order chi connectivity index (χ0) is 23.2. The van der Waals surface area contributed by atoms with Crippen LogP contribution in [0.5, 0.6) is 5.75 Å². The molecule has 0 amide bonds. The van der Waals surface area contributed by atoms with Crippen LogP contribution in [-0.2, 0) is 17.7 Å². The fourth-order valence-electron chi connectivity index (χ4n) is 4.20. The van der Waals surface area contributed by atoms with E-state index in [4.69, 9.17) is 32.8 Å². The molecule has 2 heterocycles. The zero-order valence-corrected chi connectivity index (χ0v) is 19.4. The lowest BCUT2D eigenvalue weighted by atomic mass is 9.96. The second kappa shape index (κ2) is 8.61. The van der Waals surface area contributed by atoms with Gasteiger partial charge in [-0.2, -0.15) is 5.10 Å². The third kappa shape index (κ3) is 4.20. The Labute approximate surface area is 199 Å². The smallest absolute Gasteiger partial charge is 0.174 e. The van der Waals surface area contributed by atoms with E-state index in [1.54, 1.807) is 25.1 Å². The molecule has 0 radical (unpaired) electrons. The van der Waals surface area contributed by atoms with E-state index >= 15 is 0 Å². The van der Waals surface area contributed by atoms with Crippen molar-refractivity contribution in [2.75, 3.05) is 6.61 Å². The quantitative estimate of drug-likeness (QED) is 0.420. The summed E-state index contributed by atoms with van der Waals surface area (Å²) in [5.74, 6) is -0.653. The molecule has 0 spiro atoms. The highest BCUT2D eigenvalue weighted by Gasteiger charge is 2.37. The van der Waals surface area contributed by atoms with Gasteiger partial charge in [0.1, 0.15) is 29.0 Å². The molecule has 1 atom stereocenters. The van der Waals surface area contributed by atoms with Crippen LogP contribution in [0.2, 0.25) is 10.2 Å². The lowest BCUT2D eigenvalue weighted by Gasteiger charge is -2.22. The highest BCUT2D eigenvalue weighted by Crippen LogP contribution is 2.36. The summed E-state index contributed by atoms with van der Waals surface area (Å²) in [6, 6.07) is 9.06. The van der Waals surface area contributed by atoms with E-state index in [9.17, 15) is 8.78 Å². The maximum atomic E-state index is 14.8. The minimum atomic E-state index is -0.835. The average Bonchev–Trinajstić information content (AvgIpc) is 3.34. The van der Waals surface area contributed by atoms with Gasteiger partial charge < -0.3 is 9.57 Å². The first-order valence-electron chi connectivity index (χ1n) is 10.7. The average molecular weight is 492 g/mol. The molecular weight excluding hydrogens is 471 g/mol. The molecule has 2 aromatic carbocycles. The second-order valence-corrected chi connectivity index (χ2v) is 9.36. The Bertz CT molecular complexity index is 1260. The third-order valence-corrected chi connectivity index (χ3v) is 6.64. The van der Waals surface area contributed by atoms with Crippen LogP contribution >= 0.6 is 23.2 Å². The van der Waals surface area contributed by atoms with Gasteiger partial charge in [0, 0.05) is 23.6 Å². The SMILES string of the molecule is CC1(COc2cc(-n3nc4c(c3Cl)CCCC4)c(F)cc2Cl)CC(c2ccccc2F)=NO1. The number of fused-ring (bicyclic) bond motifs is 1. The Morgan fingerprint density at radius 3 is 2.70 bits per heavy atom. The summed E-state index contributed by atoms with van der Waals surface area (Å²) >= 11 is 12.8. The van der Waals surface area contributed by atoms with E-state index in [1.807, 2.05) is 0 Å². The van der Waals surface area contributed by atoms with Crippen molar-refractivity contribution in [1.82, 2.24) is 9.78 Å². The number of halogens is 4. The van der Waals surface area contributed by atoms with Crippen molar-refractivity contribution < 1.29 is 18.4 Å². The highest BCUT2D eigenvalue weighted by molar-refractivity contribution is 6.32. The summed E-state index contributed by atoms with van der Waals surface area (Å²) in [5.41, 5.74) is 2.07. The van der Waals surface area contributed by atoms with Gasteiger partial charge in [-0.1, -0.05) is 46.6 Å². The molecule has 5 rings (SSSR count). The lowest BCUT2D eigenvalue weighted by molar-refractivity contribution is -0.0356. The minimum absolute atomic E-state index is 0.0720. The maximum absolute atomic E-state index is 14.8. The molecular formula is C24H21Cl2F2N3O2. The number of oxime groups is 1. The number of hydrogen-bond donors (Lipinski definition) is 0. The molecule has 1 unspecified atom stereocenters. The zero-order valence-electron chi connectivity index (χ0n) is 17.9. The predicted molar refractivity (Wildman–Crippen MR) is 123 cm³/mol. The van der Waals surface area contributed by atoms with Crippen LogP contribution in [0, 0.1) is 11.6 Å². The summed E-state index contributed by atoms with van der Waals surface area (Å²) in [4.78, 5) is 5.58. The normalized spacial score (nSPS) is 19.7. The number of aryl methyl sites for hydroxylation is 1.